The SMILES string of the molecule is Cc1ccc(S(=O)(=O)OC2C(CO[Si](c3ccccc3)(c3ccccc3)C(C)(C)C)OC(O)C2(C)O)cc1. The van der Waals surface area contributed by atoms with E-state index in [1.54, 1.807) is 12.1 Å². The van der Waals surface area contributed by atoms with Crippen LogP contribution in [0.2, 0.25) is 5.04 Å². The molecule has 3 aromatic carbocycles. The molecule has 1 saturated heterocycles. The Hall–Kier alpha value is -2.37. The van der Waals surface area contributed by atoms with Crippen LogP contribution >= 0.6 is 0 Å². The maximum absolute atomic E-state index is 13.1. The minimum absolute atomic E-state index is 0.0491. The van der Waals surface area contributed by atoms with E-state index in [1.165, 1.54) is 19.1 Å². The van der Waals surface area contributed by atoms with Crippen molar-refractivity contribution in [2.75, 3.05) is 6.61 Å². The fourth-order valence-electron chi connectivity index (χ4n) is 5.04. The summed E-state index contributed by atoms with van der Waals surface area (Å²) in [6.45, 7) is 9.41. The summed E-state index contributed by atoms with van der Waals surface area (Å²) < 4.78 is 44.4. The first kappa shape index (κ1) is 28.6. The van der Waals surface area contributed by atoms with Crippen molar-refractivity contribution >= 4 is 28.8 Å². The van der Waals surface area contributed by atoms with Gasteiger partial charge < -0.3 is 19.4 Å². The molecule has 4 atom stereocenters. The summed E-state index contributed by atoms with van der Waals surface area (Å²) in [6, 6.07) is 26.2. The number of benzene rings is 3. The van der Waals surface area contributed by atoms with Crippen LogP contribution in [0.5, 0.6) is 0 Å². The molecule has 0 amide bonds. The third-order valence-corrected chi connectivity index (χ3v) is 13.5. The number of rotatable bonds is 8. The molecule has 1 fully saturated rings. The molecule has 38 heavy (non-hydrogen) atoms. The average Bonchev–Trinajstić information content (AvgIpc) is 3.07. The molecule has 0 spiro atoms. The molecule has 4 unspecified atom stereocenters. The monoisotopic (exact) mass is 556 g/mol. The van der Waals surface area contributed by atoms with Crippen LogP contribution in [0.4, 0.5) is 0 Å². The number of aryl methyl sites for hydroxylation is 1. The summed E-state index contributed by atoms with van der Waals surface area (Å²) in [5.74, 6) is 0. The van der Waals surface area contributed by atoms with Crippen molar-refractivity contribution in [1.29, 1.82) is 0 Å². The van der Waals surface area contributed by atoms with Crippen molar-refractivity contribution in [3.63, 3.8) is 0 Å². The quantitative estimate of drug-likeness (QED) is 0.325. The van der Waals surface area contributed by atoms with Gasteiger partial charge >= 0.3 is 0 Å². The molecule has 1 aliphatic rings. The summed E-state index contributed by atoms with van der Waals surface area (Å²) in [5, 5.41) is 23.3. The largest absolute Gasteiger partial charge is 0.405 e. The Morgan fingerprint density at radius 1 is 0.921 bits per heavy atom. The second-order valence-corrected chi connectivity index (χ2v) is 16.9. The highest BCUT2D eigenvalue weighted by Crippen LogP contribution is 2.39. The van der Waals surface area contributed by atoms with Gasteiger partial charge in [-0.3, -0.25) is 4.18 Å². The smallest absolute Gasteiger partial charge is 0.297 e. The zero-order valence-corrected chi connectivity index (χ0v) is 24.2. The van der Waals surface area contributed by atoms with Crippen molar-refractivity contribution in [3.05, 3.63) is 90.5 Å². The van der Waals surface area contributed by atoms with Crippen LogP contribution in [0, 0.1) is 6.92 Å². The standard InChI is InChI=1S/C29H36O7SSi/c1-21-16-18-22(19-17-21)37(32,33)36-26-25(35-27(30)29(26,5)31)20-34-38(28(2,3)4,23-12-8-6-9-13-23)24-14-10-7-11-15-24/h6-19,25-27,30-31H,20H2,1-5H3. The summed E-state index contributed by atoms with van der Waals surface area (Å²) in [6.07, 6.45) is -4.11. The molecule has 9 heteroatoms. The van der Waals surface area contributed by atoms with Gasteiger partial charge in [-0.25, -0.2) is 0 Å². The first-order valence-electron chi connectivity index (χ1n) is 12.6. The van der Waals surface area contributed by atoms with Crippen LogP contribution < -0.4 is 10.4 Å². The van der Waals surface area contributed by atoms with Gasteiger partial charge in [0.1, 0.15) is 17.8 Å². The van der Waals surface area contributed by atoms with E-state index in [4.69, 9.17) is 13.3 Å². The molecule has 7 nitrogen and oxygen atoms in total. The third-order valence-electron chi connectivity index (χ3n) is 7.14. The molecular formula is C29H36O7SSi. The fraction of sp³-hybridized carbons (Fsp3) is 0.379. The Morgan fingerprint density at radius 2 is 1.42 bits per heavy atom. The lowest BCUT2D eigenvalue weighted by atomic mass is 9.98. The van der Waals surface area contributed by atoms with Gasteiger partial charge in [-0.05, 0) is 41.4 Å². The lowest BCUT2D eigenvalue weighted by Gasteiger charge is -2.43. The van der Waals surface area contributed by atoms with Crippen LogP contribution in [0.1, 0.15) is 33.3 Å². The number of aliphatic hydroxyl groups is 2. The minimum atomic E-state index is -4.27. The van der Waals surface area contributed by atoms with Crippen molar-refractivity contribution < 1.29 is 32.0 Å². The fourth-order valence-corrected chi connectivity index (χ4v) is 10.8. The van der Waals surface area contributed by atoms with Gasteiger partial charge in [0.15, 0.2) is 6.29 Å². The normalized spacial score (nSPS) is 24.4. The highest BCUT2D eigenvalue weighted by Gasteiger charge is 2.57. The number of hydrogen-bond donors (Lipinski definition) is 2. The predicted octanol–water partition coefficient (Wildman–Crippen LogP) is 3.11. The molecule has 2 N–H and O–H groups in total. The van der Waals surface area contributed by atoms with E-state index in [1.807, 2.05) is 67.6 Å². The van der Waals surface area contributed by atoms with Crippen LogP contribution in [-0.2, 0) is 23.5 Å². The highest BCUT2D eigenvalue weighted by molar-refractivity contribution is 7.86. The van der Waals surface area contributed by atoms with Gasteiger partial charge in [-0.15, -0.1) is 0 Å². The van der Waals surface area contributed by atoms with Crippen molar-refractivity contribution in [2.24, 2.45) is 0 Å². The van der Waals surface area contributed by atoms with E-state index in [9.17, 15) is 18.6 Å². The van der Waals surface area contributed by atoms with Gasteiger partial charge in [0.25, 0.3) is 18.4 Å². The number of hydrogen-bond acceptors (Lipinski definition) is 7. The maximum Gasteiger partial charge on any atom is 0.297 e. The second kappa shape index (κ2) is 10.7. The zero-order valence-electron chi connectivity index (χ0n) is 22.4. The predicted molar refractivity (Wildman–Crippen MR) is 148 cm³/mol. The van der Waals surface area contributed by atoms with Crippen molar-refractivity contribution in [1.82, 2.24) is 0 Å². The lowest BCUT2D eigenvalue weighted by molar-refractivity contribution is -0.168. The van der Waals surface area contributed by atoms with E-state index in [0.29, 0.717) is 0 Å². The highest BCUT2D eigenvalue weighted by atomic mass is 32.2. The van der Waals surface area contributed by atoms with Crippen LogP contribution in [0.25, 0.3) is 0 Å². The van der Waals surface area contributed by atoms with Crippen molar-refractivity contribution in [3.8, 4) is 0 Å². The van der Waals surface area contributed by atoms with Crippen molar-refractivity contribution in [2.45, 2.75) is 68.7 Å². The first-order chi connectivity index (χ1) is 17.8. The Kier molecular flexibility index (Phi) is 8.03. The van der Waals surface area contributed by atoms with E-state index in [-0.39, 0.29) is 16.5 Å². The van der Waals surface area contributed by atoms with Crippen LogP contribution in [0.15, 0.2) is 89.8 Å². The Labute approximate surface area is 226 Å². The Morgan fingerprint density at radius 3 is 1.89 bits per heavy atom. The molecule has 0 radical (unpaired) electrons. The number of ether oxygens (including phenoxy) is 1. The second-order valence-electron chi connectivity index (χ2n) is 11.0. The topological polar surface area (TPSA) is 102 Å². The molecule has 3 aromatic rings. The van der Waals surface area contributed by atoms with Gasteiger partial charge in [-0.2, -0.15) is 8.42 Å². The van der Waals surface area contributed by atoms with Crippen LogP contribution in [0.3, 0.4) is 0 Å². The van der Waals surface area contributed by atoms with E-state index in [0.717, 1.165) is 15.9 Å². The molecule has 0 aromatic heterocycles. The lowest BCUT2D eigenvalue weighted by Crippen LogP contribution is -2.67. The average molecular weight is 557 g/mol. The molecule has 0 bridgehead atoms. The number of aliphatic hydroxyl groups excluding tert-OH is 1. The summed E-state index contributed by atoms with van der Waals surface area (Å²) in [5.41, 5.74) is -1.09. The minimum Gasteiger partial charge on any atom is -0.405 e. The van der Waals surface area contributed by atoms with Gasteiger partial charge in [0.2, 0.25) is 0 Å². The van der Waals surface area contributed by atoms with E-state index in [2.05, 4.69) is 20.8 Å². The van der Waals surface area contributed by atoms with Crippen LogP contribution in [-0.4, -0.2) is 57.7 Å². The molecule has 0 aliphatic carbocycles. The van der Waals surface area contributed by atoms with E-state index >= 15 is 0 Å². The molecule has 1 heterocycles. The third kappa shape index (κ3) is 5.37. The van der Waals surface area contributed by atoms with E-state index < -0.39 is 42.5 Å². The molecule has 0 saturated carbocycles. The summed E-state index contributed by atoms with van der Waals surface area (Å²) in [4.78, 5) is -0.0491. The van der Waals surface area contributed by atoms with Gasteiger partial charge in [0, 0.05) is 0 Å². The van der Waals surface area contributed by atoms with Gasteiger partial charge in [0.05, 0.1) is 11.5 Å². The first-order valence-corrected chi connectivity index (χ1v) is 15.9. The molecule has 204 valence electrons. The Balaban J connectivity index is 1.71. The molecule has 4 rings (SSSR count). The summed E-state index contributed by atoms with van der Waals surface area (Å²) in [7, 11) is -7.26. The zero-order chi connectivity index (χ0) is 27.8. The molecular weight excluding hydrogens is 520 g/mol. The Bertz CT molecular complexity index is 1280. The molecule has 1 aliphatic heterocycles. The summed E-state index contributed by atoms with van der Waals surface area (Å²) >= 11 is 0. The maximum atomic E-state index is 13.1. The van der Waals surface area contributed by atoms with Gasteiger partial charge in [-0.1, -0.05) is 99.1 Å².